The Labute approximate surface area is 148 Å². The highest BCUT2D eigenvalue weighted by molar-refractivity contribution is 7.91. The Morgan fingerprint density at radius 3 is 2.92 bits per heavy atom. The standard InChI is InChI=1S/C14H16ClN3O4S2/c1-9-7-12(22-17-9)16-14(19)10-3-2-6-18(8-10)24(20,21)13-5-4-11(15)23-13/h4-5,7,10H,2-3,6,8H2,1H3,(H,16,19). The van der Waals surface area contributed by atoms with Crippen LogP contribution in [0.2, 0.25) is 4.34 Å². The highest BCUT2D eigenvalue weighted by Crippen LogP contribution is 2.30. The molecule has 1 N–H and O–H groups in total. The summed E-state index contributed by atoms with van der Waals surface area (Å²) in [5.41, 5.74) is 0.660. The zero-order valence-corrected chi connectivity index (χ0v) is 15.2. The Morgan fingerprint density at radius 2 is 2.29 bits per heavy atom. The molecule has 2 aromatic heterocycles. The van der Waals surface area contributed by atoms with Crippen molar-refractivity contribution in [2.45, 2.75) is 24.0 Å². The first-order valence-electron chi connectivity index (χ1n) is 7.36. The number of thiophene rings is 1. The van der Waals surface area contributed by atoms with Crippen molar-refractivity contribution < 1.29 is 17.7 Å². The van der Waals surface area contributed by atoms with Gasteiger partial charge < -0.3 is 4.52 Å². The monoisotopic (exact) mass is 389 g/mol. The lowest BCUT2D eigenvalue weighted by atomic mass is 9.99. The molecule has 24 heavy (non-hydrogen) atoms. The zero-order valence-electron chi connectivity index (χ0n) is 12.9. The normalized spacial score (nSPS) is 19.3. The molecule has 7 nitrogen and oxygen atoms in total. The van der Waals surface area contributed by atoms with Crippen molar-refractivity contribution in [1.82, 2.24) is 9.46 Å². The van der Waals surface area contributed by atoms with E-state index in [1.807, 2.05) is 0 Å². The third kappa shape index (κ3) is 3.64. The second kappa shape index (κ2) is 6.83. The Balaban J connectivity index is 1.71. The number of halogens is 1. The van der Waals surface area contributed by atoms with E-state index in [0.717, 1.165) is 11.3 Å². The van der Waals surface area contributed by atoms with Crippen molar-refractivity contribution in [3.63, 3.8) is 0 Å². The summed E-state index contributed by atoms with van der Waals surface area (Å²) in [5, 5.41) is 6.34. The minimum Gasteiger partial charge on any atom is -0.338 e. The summed E-state index contributed by atoms with van der Waals surface area (Å²) in [5.74, 6) is -0.438. The number of rotatable bonds is 4. The quantitative estimate of drug-likeness (QED) is 0.867. The van der Waals surface area contributed by atoms with Crippen LogP contribution in [0.25, 0.3) is 0 Å². The number of aryl methyl sites for hydroxylation is 1. The molecule has 0 radical (unpaired) electrons. The zero-order chi connectivity index (χ0) is 17.3. The van der Waals surface area contributed by atoms with Crippen LogP contribution < -0.4 is 5.32 Å². The van der Waals surface area contributed by atoms with Crippen LogP contribution in [0.3, 0.4) is 0 Å². The van der Waals surface area contributed by atoms with E-state index in [4.69, 9.17) is 16.1 Å². The van der Waals surface area contributed by atoms with Crippen LogP contribution in [0, 0.1) is 12.8 Å². The van der Waals surface area contributed by atoms with Gasteiger partial charge in [-0.05, 0) is 31.9 Å². The lowest BCUT2D eigenvalue weighted by Gasteiger charge is -2.30. The largest absolute Gasteiger partial charge is 0.338 e. The molecule has 1 aliphatic heterocycles. The van der Waals surface area contributed by atoms with Crippen molar-refractivity contribution >= 4 is 44.8 Å². The molecule has 1 amide bonds. The van der Waals surface area contributed by atoms with Crippen LogP contribution in [0.4, 0.5) is 5.88 Å². The molecule has 0 spiro atoms. The maximum Gasteiger partial charge on any atom is 0.252 e. The van der Waals surface area contributed by atoms with E-state index in [1.54, 1.807) is 19.1 Å². The summed E-state index contributed by atoms with van der Waals surface area (Å²) in [6, 6.07) is 4.66. The first-order valence-corrected chi connectivity index (χ1v) is 9.99. The van der Waals surface area contributed by atoms with E-state index in [1.165, 1.54) is 10.4 Å². The minimum atomic E-state index is -3.62. The molecule has 0 saturated carbocycles. The number of sulfonamides is 1. The van der Waals surface area contributed by atoms with Gasteiger partial charge in [-0.2, -0.15) is 4.31 Å². The summed E-state index contributed by atoms with van der Waals surface area (Å²) < 4.78 is 32.2. The molecule has 10 heteroatoms. The predicted molar refractivity (Wildman–Crippen MR) is 90.7 cm³/mol. The SMILES string of the molecule is Cc1cc(NC(=O)C2CCCN(S(=O)(=O)c3ccc(Cl)s3)C2)on1. The van der Waals surface area contributed by atoms with Gasteiger partial charge in [-0.1, -0.05) is 16.8 Å². The molecule has 3 heterocycles. The minimum absolute atomic E-state index is 0.136. The maximum atomic E-state index is 12.6. The summed E-state index contributed by atoms with van der Waals surface area (Å²) >= 11 is 6.85. The molecule has 1 unspecified atom stereocenters. The van der Waals surface area contributed by atoms with Gasteiger partial charge in [-0.25, -0.2) is 8.42 Å². The van der Waals surface area contributed by atoms with Crippen LogP contribution in [0.1, 0.15) is 18.5 Å². The van der Waals surface area contributed by atoms with E-state index >= 15 is 0 Å². The van der Waals surface area contributed by atoms with Crippen LogP contribution in [-0.2, 0) is 14.8 Å². The summed E-state index contributed by atoms with van der Waals surface area (Å²) in [4.78, 5) is 12.4. The summed E-state index contributed by atoms with van der Waals surface area (Å²) in [6.45, 7) is 2.28. The number of carbonyl (C=O) groups excluding carboxylic acids is 1. The molecule has 0 aromatic carbocycles. The number of aromatic nitrogens is 1. The molecule has 1 fully saturated rings. The average Bonchev–Trinajstić information content (AvgIpc) is 3.16. The maximum absolute atomic E-state index is 12.6. The van der Waals surface area contributed by atoms with Crippen LogP contribution in [0.15, 0.2) is 26.9 Å². The van der Waals surface area contributed by atoms with Crippen molar-refractivity contribution in [3.8, 4) is 0 Å². The van der Waals surface area contributed by atoms with E-state index in [2.05, 4.69) is 10.5 Å². The summed E-state index contributed by atoms with van der Waals surface area (Å²) in [7, 11) is -3.62. The highest BCUT2D eigenvalue weighted by Gasteiger charge is 2.34. The third-order valence-electron chi connectivity index (χ3n) is 3.77. The van der Waals surface area contributed by atoms with Crippen LogP contribution in [-0.4, -0.2) is 36.9 Å². The Hall–Kier alpha value is -1.42. The number of hydrogen-bond donors (Lipinski definition) is 1. The van der Waals surface area contributed by atoms with Gasteiger partial charge in [0.2, 0.25) is 11.8 Å². The average molecular weight is 390 g/mol. The topological polar surface area (TPSA) is 92.5 Å². The van der Waals surface area contributed by atoms with Gasteiger partial charge in [0.25, 0.3) is 10.0 Å². The molecule has 2 aromatic rings. The van der Waals surface area contributed by atoms with Crippen molar-refractivity contribution in [2.24, 2.45) is 5.92 Å². The molecule has 1 atom stereocenters. The number of piperidine rings is 1. The number of amides is 1. The fourth-order valence-corrected chi connectivity index (χ4v) is 5.75. The Bertz CT molecular complexity index is 846. The molecule has 130 valence electrons. The van der Waals surface area contributed by atoms with E-state index in [0.29, 0.717) is 29.4 Å². The number of carbonyl (C=O) groups is 1. The van der Waals surface area contributed by atoms with Crippen LogP contribution >= 0.6 is 22.9 Å². The lowest BCUT2D eigenvalue weighted by molar-refractivity contribution is -0.121. The number of nitrogens with zero attached hydrogens (tertiary/aromatic N) is 2. The van der Waals surface area contributed by atoms with Crippen molar-refractivity contribution in [1.29, 1.82) is 0 Å². The van der Waals surface area contributed by atoms with Gasteiger partial charge in [-0.15, -0.1) is 11.3 Å². The molecule has 0 bridgehead atoms. The fourth-order valence-electron chi connectivity index (χ4n) is 2.58. The Kier molecular flexibility index (Phi) is 4.95. The Morgan fingerprint density at radius 1 is 1.50 bits per heavy atom. The van der Waals surface area contributed by atoms with Gasteiger partial charge in [0, 0.05) is 19.2 Å². The molecular weight excluding hydrogens is 374 g/mol. The van der Waals surface area contributed by atoms with Crippen molar-refractivity contribution in [3.05, 3.63) is 28.2 Å². The molecule has 3 rings (SSSR count). The molecular formula is C14H16ClN3O4S2. The molecule has 1 saturated heterocycles. The molecule has 0 aliphatic carbocycles. The van der Waals surface area contributed by atoms with Crippen molar-refractivity contribution in [2.75, 3.05) is 18.4 Å². The van der Waals surface area contributed by atoms with E-state index < -0.39 is 15.9 Å². The number of anilines is 1. The first-order chi connectivity index (χ1) is 11.4. The summed E-state index contributed by atoms with van der Waals surface area (Å²) in [6.07, 6.45) is 1.24. The van der Waals surface area contributed by atoms with E-state index in [-0.39, 0.29) is 22.5 Å². The second-order valence-electron chi connectivity index (χ2n) is 5.58. The van der Waals surface area contributed by atoms with Gasteiger partial charge in [0.05, 0.1) is 15.9 Å². The highest BCUT2D eigenvalue weighted by atomic mass is 35.5. The number of hydrogen-bond acceptors (Lipinski definition) is 6. The van der Waals surface area contributed by atoms with Gasteiger partial charge in [-0.3, -0.25) is 10.1 Å². The third-order valence-corrected chi connectivity index (χ3v) is 7.34. The molecule has 1 aliphatic rings. The first kappa shape index (κ1) is 17.4. The van der Waals surface area contributed by atoms with E-state index in [9.17, 15) is 13.2 Å². The lowest BCUT2D eigenvalue weighted by Crippen LogP contribution is -2.43. The fraction of sp³-hybridized carbons (Fsp3) is 0.429. The van der Waals surface area contributed by atoms with Gasteiger partial charge in [0.15, 0.2) is 0 Å². The van der Waals surface area contributed by atoms with Gasteiger partial charge in [0.1, 0.15) is 4.21 Å². The number of nitrogens with one attached hydrogen (secondary N) is 1. The van der Waals surface area contributed by atoms with Crippen LogP contribution in [0.5, 0.6) is 0 Å². The second-order valence-corrected chi connectivity index (χ2v) is 9.46. The predicted octanol–water partition coefficient (Wildman–Crippen LogP) is 2.74. The van der Waals surface area contributed by atoms with Gasteiger partial charge >= 0.3 is 0 Å². The smallest absolute Gasteiger partial charge is 0.252 e.